The molecule has 0 radical (unpaired) electrons. The van der Waals surface area contributed by atoms with E-state index >= 15 is 0 Å². The fraction of sp³-hybridized carbons (Fsp3) is 0.462. The van der Waals surface area contributed by atoms with Crippen molar-refractivity contribution in [1.29, 1.82) is 0 Å². The lowest BCUT2D eigenvalue weighted by molar-refractivity contribution is 0.0488. The molecule has 0 heterocycles. The van der Waals surface area contributed by atoms with Gasteiger partial charge >= 0.3 is 0 Å². The van der Waals surface area contributed by atoms with E-state index < -0.39 is 13.7 Å². The zero-order valence-corrected chi connectivity index (χ0v) is 11.7. The molecule has 1 aromatic carbocycles. The van der Waals surface area contributed by atoms with Crippen molar-refractivity contribution in [2.24, 2.45) is 0 Å². The van der Waals surface area contributed by atoms with Gasteiger partial charge in [-0.1, -0.05) is 49.1 Å². The van der Waals surface area contributed by atoms with Gasteiger partial charge < -0.3 is 5.11 Å². The maximum Gasteiger partial charge on any atom is 0.193 e. The minimum Gasteiger partial charge on any atom is -0.382 e. The fourth-order valence-electron chi connectivity index (χ4n) is 1.47. The van der Waals surface area contributed by atoms with E-state index in [4.69, 9.17) is 0 Å². The normalized spacial score (nSPS) is 12.6. The van der Waals surface area contributed by atoms with Gasteiger partial charge in [0.25, 0.3) is 0 Å². The van der Waals surface area contributed by atoms with Crippen LogP contribution in [0.25, 0.3) is 0 Å². The Balaban J connectivity index is 3.01. The number of aliphatic hydroxyl groups is 1. The summed E-state index contributed by atoms with van der Waals surface area (Å²) in [6.07, 6.45) is 0. The summed E-state index contributed by atoms with van der Waals surface area (Å²) >= 11 is 0. The number of Topliss-reactive ketones (excluding diaryl/α,β-unsaturated/α-hetero) is 1. The van der Waals surface area contributed by atoms with Crippen LogP contribution in [-0.4, -0.2) is 24.6 Å². The number of ketones is 1. The average Bonchev–Trinajstić information content (AvgIpc) is 2.14. The Morgan fingerprint density at radius 1 is 1.12 bits per heavy atom. The summed E-state index contributed by atoms with van der Waals surface area (Å²) in [6.45, 7) is 9.82. The molecule has 16 heavy (non-hydrogen) atoms. The van der Waals surface area contributed by atoms with Crippen LogP contribution in [0, 0.1) is 0 Å². The molecule has 0 saturated heterocycles. The molecular weight excluding hydrogens is 216 g/mol. The van der Waals surface area contributed by atoms with Crippen LogP contribution in [0.3, 0.4) is 0 Å². The van der Waals surface area contributed by atoms with E-state index in [2.05, 4.69) is 19.6 Å². The molecule has 0 fully saturated rings. The number of hydrogen-bond donors (Lipinski definition) is 1. The molecule has 88 valence electrons. The number of rotatable bonds is 3. The zero-order chi connectivity index (χ0) is 12.6. The Hall–Kier alpha value is -0.933. The molecule has 3 heteroatoms. The second-order valence-electron chi connectivity index (χ2n) is 5.72. The van der Waals surface area contributed by atoms with Gasteiger partial charge in [0.2, 0.25) is 0 Å². The van der Waals surface area contributed by atoms with Gasteiger partial charge in [-0.2, -0.15) is 0 Å². The Labute approximate surface area is 98.3 Å². The number of carbonyl (C=O) groups excluding carboxylic acids is 1. The van der Waals surface area contributed by atoms with E-state index in [0.717, 1.165) is 0 Å². The molecule has 0 aromatic heterocycles. The Bertz CT molecular complexity index is 380. The largest absolute Gasteiger partial charge is 0.382 e. The summed E-state index contributed by atoms with van der Waals surface area (Å²) in [5.74, 6) is -0.227. The van der Waals surface area contributed by atoms with Crippen molar-refractivity contribution < 1.29 is 9.90 Å². The van der Waals surface area contributed by atoms with Crippen LogP contribution in [-0.2, 0) is 0 Å². The maximum atomic E-state index is 11.8. The van der Waals surface area contributed by atoms with Gasteiger partial charge in [0, 0.05) is 5.56 Å². The SMILES string of the molecule is CC(C)(O)C(=O)c1ccc([Si](C)(C)C)cc1. The van der Waals surface area contributed by atoms with E-state index in [1.807, 2.05) is 24.3 Å². The van der Waals surface area contributed by atoms with Gasteiger partial charge in [0.15, 0.2) is 5.78 Å². The van der Waals surface area contributed by atoms with E-state index in [-0.39, 0.29) is 5.78 Å². The Morgan fingerprint density at radius 2 is 1.56 bits per heavy atom. The summed E-state index contributed by atoms with van der Waals surface area (Å²) in [6, 6.07) is 7.64. The number of benzene rings is 1. The minimum absolute atomic E-state index is 0.227. The predicted octanol–water partition coefficient (Wildman–Crippen LogP) is 2.19. The second kappa shape index (κ2) is 4.15. The summed E-state index contributed by atoms with van der Waals surface area (Å²) in [5, 5.41) is 10.9. The van der Waals surface area contributed by atoms with Gasteiger partial charge in [-0.05, 0) is 13.8 Å². The smallest absolute Gasteiger partial charge is 0.193 e. The van der Waals surface area contributed by atoms with Gasteiger partial charge in [-0.25, -0.2) is 0 Å². The van der Waals surface area contributed by atoms with E-state index in [0.29, 0.717) is 5.56 Å². The topological polar surface area (TPSA) is 37.3 Å². The lowest BCUT2D eigenvalue weighted by Gasteiger charge is -2.18. The molecular formula is C13H20O2Si. The lowest BCUT2D eigenvalue weighted by Crippen LogP contribution is -2.38. The predicted molar refractivity (Wildman–Crippen MR) is 70.1 cm³/mol. The van der Waals surface area contributed by atoms with Crippen molar-refractivity contribution >= 4 is 19.0 Å². The van der Waals surface area contributed by atoms with Crippen LogP contribution in [0.1, 0.15) is 24.2 Å². The van der Waals surface area contributed by atoms with Gasteiger partial charge in [-0.3, -0.25) is 4.79 Å². The van der Waals surface area contributed by atoms with Crippen LogP contribution in [0.2, 0.25) is 19.6 Å². The standard InChI is InChI=1S/C13H20O2Si/c1-13(2,15)12(14)10-6-8-11(9-7-10)16(3,4)5/h6-9,15H,1-5H3. The van der Waals surface area contributed by atoms with Crippen molar-refractivity contribution in [3.05, 3.63) is 29.8 Å². The highest BCUT2D eigenvalue weighted by molar-refractivity contribution is 6.88. The average molecular weight is 236 g/mol. The summed E-state index contributed by atoms with van der Waals surface area (Å²) in [4.78, 5) is 11.8. The molecule has 0 amide bonds. The van der Waals surface area contributed by atoms with Crippen molar-refractivity contribution in [2.75, 3.05) is 0 Å². The molecule has 0 atom stereocenters. The Morgan fingerprint density at radius 3 is 1.88 bits per heavy atom. The summed E-state index contributed by atoms with van der Waals surface area (Å²) < 4.78 is 0. The summed E-state index contributed by atoms with van der Waals surface area (Å²) in [5.41, 5.74) is -0.713. The first-order chi connectivity index (χ1) is 7.12. The highest BCUT2D eigenvalue weighted by Crippen LogP contribution is 2.12. The van der Waals surface area contributed by atoms with Crippen LogP contribution in [0.5, 0.6) is 0 Å². The molecule has 1 N–H and O–H groups in total. The second-order valence-corrected chi connectivity index (χ2v) is 10.8. The highest BCUT2D eigenvalue weighted by atomic mass is 28.3. The number of hydrogen-bond acceptors (Lipinski definition) is 2. The molecule has 0 bridgehead atoms. The maximum absolute atomic E-state index is 11.8. The first-order valence-electron chi connectivity index (χ1n) is 5.50. The van der Waals surface area contributed by atoms with Crippen LogP contribution < -0.4 is 5.19 Å². The molecule has 1 aromatic rings. The van der Waals surface area contributed by atoms with Gasteiger partial charge in [0.05, 0.1) is 8.07 Å². The van der Waals surface area contributed by atoms with Crippen LogP contribution in [0.4, 0.5) is 0 Å². The van der Waals surface area contributed by atoms with Crippen molar-refractivity contribution in [3.63, 3.8) is 0 Å². The highest BCUT2D eigenvalue weighted by Gasteiger charge is 2.25. The first kappa shape index (κ1) is 13.1. The molecule has 0 aliphatic rings. The van der Waals surface area contributed by atoms with Crippen LogP contribution in [0.15, 0.2) is 24.3 Å². The van der Waals surface area contributed by atoms with Crippen LogP contribution >= 0.6 is 0 Å². The monoisotopic (exact) mass is 236 g/mol. The molecule has 2 nitrogen and oxygen atoms in total. The van der Waals surface area contributed by atoms with Crippen molar-refractivity contribution in [2.45, 2.75) is 39.1 Å². The molecule has 1 rings (SSSR count). The first-order valence-corrected chi connectivity index (χ1v) is 9.00. The van der Waals surface area contributed by atoms with E-state index in [1.54, 1.807) is 0 Å². The lowest BCUT2D eigenvalue weighted by atomic mass is 9.97. The third-order valence-corrected chi connectivity index (χ3v) is 4.63. The molecule has 0 spiro atoms. The van der Waals surface area contributed by atoms with Crippen molar-refractivity contribution in [1.82, 2.24) is 0 Å². The van der Waals surface area contributed by atoms with Crippen molar-refractivity contribution in [3.8, 4) is 0 Å². The van der Waals surface area contributed by atoms with E-state index in [9.17, 15) is 9.90 Å². The molecule has 0 aliphatic heterocycles. The van der Waals surface area contributed by atoms with Gasteiger partial charge in [0.1, 0.15) is 5.60 Å². The Kier molecular flexibility index (Phi) is 3.40. The molecule has 0 saturated carbocycles. The minimum atomic E-state index is -1.31. The summed E-state index contributed by atoms with van der Waals surface area (Å²) in [7, 11) is -1.31. The van der Waals surface area contributed by atoms with E-state index in [1.165, 1.54) is 19.0 Å². The third kappa shape index (κ3) is 3.03. The van der Waals surface area contributed by atoms with Gasteiger partial charge in [-0.15, -0.1) is 0 Å². The zero-order valence-electron chi connectivity index (χ0n) is 10.7. The number of carbonyl (C=O) groups is 1. The molecule has 0 aliphatic carbocycles. The third-order valence-electron chi connectivity index (χ3n) is 2.57. The fourth-order valence-corrected chi connectivity index (χ4v) is 2.64. The quantitative estimate of drug-likeness (QED) is 0.645. The molecule has 0 unspecified atom stereocenters.